The van der Waals surface area contributed by atoms with Crippen molar-refractivity contribution >= 4 is 5.91 Å². The van der Waals surface area contributed by atoms with Crippen LogP contribution in [0.1, 0.15) is 45.4 Å². The van der Waals surface area contributed by atoms with Gasteiger partial charge in [0.1, 0.15) is 5.60 Å². The van der Waals surface area contributed by atoms with E-state index in [0.717, 1.165) is 25.9 Å². The zero-order chi connectivity index (χ0) is 13.5. The number of aliphatic hydroxyl groups is 1. The molecule has 3 aliphatic rings. The summed E-state index contributed by atoms with van der Waals surface area (Å²) in [6, 6.07) is 0. The summed E-state index contributed by atoms with van der Waals surface area (Å²) in [6.07, 6.45) is 6.71. The molecule has 2 saturated heterocycles. The van der Waals surface area contributed by atoms with Gasteiger partial charge < -0.3 is 14.7 Å². The highest BCUT2D eigenvalue weighted by molar-refractivity contribution is 5.85. The van der Waals surface area contributed by atoms with Crippen LogP contribution in [0.5, 0.6) is 0 Å². The van der Waals surface area contributed by atoms with E-state index in [0.29, 0.717) is 18.6 Å². The van der Waals surface area contributed by atoms with E-state index < -0.39 is 5.60 Å². The van der Waals surface area contributed by atoms with Crippen LogP contribution in [0.2, 0.25) is 0 Å². The molecule has 1 amide bonds. The lowest BCUT2D eigenvalue weighted by Crippen LogP contribution is -2.63. The molecule has 4 heteroatoms. The topological polar surface area (TPSA) is 49.8 Å². The largest absolute Gasteiger partial charge is 0.381 e. The first-order valence-electron chi connectivity index (χ1n) is 7.63. The van der Waals surface area contributed by atoms with Gasteiger partial charge in [0.05, 0.1) is 0 Å². The van der Waals surface area contributed by atoms with Crippen molar-refractivity contribution in [3.63, 3.8) is 0 Å². The summed E-state index contributed by atoms with van der Waals surface area (Å²) in [7, 11) is 0. The molecule has 1 aliphatic carbocycles. The van der Waals surface area contributed by atoms with Gasteiger partial charge in [-0.1, -0.05) is 12.8 Å². The molecule has 1 N–H and O–H groups in total. The molecule has 1 unspecified atom stereocenters. The molecule has 0 radical (unpaired) electrons. The van der Waals surface area contributed by atoms with E-state index in [-0.39, 0.29) is 11.8 Å². The average molecular weight is 267 g/mol. The first-order valence-corrected chi connectivity index (χ1v) is 7.63. The molecule has 0 aromatic carbocycles. The molecule has 0 aromatic heterocycles. The number of ether oxygens (including phenoxy) is 1. The van der Waals surface area contributed by atoms with E-state index in [4.69, 9.17) is 4.74 Å². The Morgan fingerprint density at radius 3 is 2.42 bits per heavy atom. The van der Waals surface area contributed by atoms with Crippen molar-refractivity contribution in [1.29, 1.82) is 0 Å². The first-order chi connectivity index (χ1) is 9.04. The fraction of sp³-hybridized carbons (Fsp3) is 0.933. The van der Waals surface area contributed by atoms with E-state index in [9.17, 15) is 9.90 Å². The molecule has 2 heterocycles. The van der Waals surface area contributed by atoms with E-state index in [2.05, 4.69) is 0 Å². The number of nitrogens with zero attached hydrogens (tertiary/aromatic N) is 1. The second kappa shape index (κ2) is 4.74. The van der Waals surface area contributed by atoms with Gasteiger partial charge in [-0.3, -0.25) is 4.79 Å². The lowest BCUT2D eigenvalue weighted by atomic mass is 9.75. The second-order valence-corrected chi connectivity index (χ2v) is 6.90. The summed E-state index contributed by atoms with van der Waals surface area (Å²) in [5.74, 6) is -0.00852. The molecule has 2 aliphatic heterocycles. The number of carbonyl (C=O) groups is 1. The van der Waals surface area contributed by atoms with Crippen molar-refractivity contribution in [1.82, 2.24) is 4.90 Å². The molecule has 3 fully saturated rings. The van der Waals surface area contributed by atoms with E-state index in [1.807, 2.05) is 4.90 Å². The standard InChI is InChI=1S/C15H25NO3/c1-14(18,12-4-8-19-9-5-12)13(17)16-10-15(11-16)6-2-3-7-15/h12,18H,2-11H2,1H3. The number of amides is 1. The average Bonchev–Trinajstić information content (AvgIpc) is 2.86. The maximum Gasteiger partial charge on any atom is 0.254 e. The maximum absolute atomic E-state index is 12.5. The van der Waals surface area contributed by atoms with Gasteiger partial charge in [0.2, 0.25) is 0 Å². The third-order valence-electron chi connectivity index (χ3n) is 5.45. The van der Waals surface area contributed by atoms with Crippen molar-refractivity contribution < 1.29 is 14.6 Å². The van der Waals surface area contributed by atoms with Crippen LogP contribution in [-0.2, 0) is 9.53 Å². The van der Waals surface area contributed by atoms with Crippen molar-refractivity contribution in [2.24, 2.45) is 11.3 Å². The quantitative estimate of drug-likeness (QED) is 0.826. The molecule has 19 heavy (non-hydrogen) atoms. The van der Waals surface area contributed by atoms with Crippen LogP contribution in [0.4, 0.5) is 0 Å². The van der Waals surface area contributed by atoms with Gasteiger partial charge in [-0.25, -0.2) is 0 Å². The molecule has 0 bridgehead atoms. The SMILES string of the molecule is CC(O)(C(=O)N1CC2(CCCC2)C1)C1CCOCC1. The summed E-state index contributed by atoms with van der Waals surface area (Å²) >= 11 is 0. The van der Waals surface area contributed by atoms with Crippen LogP contribution >= 0.6 is 0 Å². The lowest BCUT2D eigenvalue weighted by Gasteiger charge is -2.51. The van der Waals surface area contributed by atoms with Crippen LogP contribution < -0.4 is 0 Å². The monoisotopic (exact) mass is 267 g/mol. The van der Waals surface area contributed by atoms with Gasteiger partial charge in [-0.15, -0.1) is 0 Å². The fourth-order valence-electron chi connectivity index (χ4n) is 4.10. The van der Waals surface area contributed by atoms with Gasteiger partial charge in [0.15, 0.2) is 0 Å². The molecule has 0 aromatic rings. The minimum Gasteiger partial charge on any atom is -0.381 e. The zero-order valence-corrected chi connectivity index (χ0v) is 11.9. The molecule has 4 nitrogen and oxygen atoms in total. The fourth-order valence-corrected chi connectivity index (χ4v) is 4.10. The summed E-state index contributed by atoms with van der Waals surface area (Å²) in [4.78, 5) is 14.4. The Balaban J connectivity index is 1.60. The van der Waals surface area contributed by atoms with Gasteiger partial charge in [-0.05, 0) is 32.6 Å². The molecule has 1 spiro atoms. The summed E-state index contributed by atoms with van der Waals surface area (Å²) in [6.45, 7) is 4.76. The highest BCUT2D eigenvalue weighted by Gasteiger charge is 2.51. The number of likely N-dealkylation sites (tertiary alicyclic amines) is 1. The van der Waals surface area contributed by atoms with Crippen molar-refractivity contribution in [3.8, 4) is 0 Å². The zero-order valence-electron chi connectivity index (χ0n) is 11.9. The molecule has 1 saturated carbocycles. The van der Waals surface area contributed by atoms with Crippen LogP contribution in [0.25, 0.3) is 0 Å². The van der Waals surface area contributed by atoms with Gasteiger partial charge in [0.25, 0.3) is 5.91 Å². The normalized spacial score (nSPS) is 30.1. The highest BCUT2D eigenvalue weighted by atomic mass is 16.5. The Hall–Kier alpha value is -0.610. The second-order valence-electron chi connectivity index (χ2n) is 6.90. The van der Waals surface area contributed by atoms with Crippen LogP contribution in [0.15, 0.2) is 0 Å². The predicted octanol–water partition coefficient (Wildman–Crippen LogP) is 1.57. The Kier molecular flexibility index (Phi) is 3.34. The summed E-state index contributed by atoms with van der Waals surface area (Å²) < 4.78 is 5.32. The van der Waals surface area contributed by atoms with Crippen molar-refractivity contribution in [2.75, 3.05) is 26.3 Å². The highest BCUT2D eigenvalue weighted by Crippen LogP contribution is 2.46. The first kappa shape index (κ1) is 13.4. The summed E-state index contributed by atoms with van der Waals surface area (Å²) in [5.41, 5.74) is -0.800. The van der Waals surface area contributed by atoms with Crippen molar-refractivity contribution in [3.05, 3.63) is 0 Å². The molecule has 3 rings (SSSR count). The molecular formula is C15H25NO3. The number of hydrogen-bond donors (Lipinski definition) is 1. The lowest BCUT2D eigenvalue weighted by molar-refractivity contribution is -0.170. The van der Waals surface area contributed by atoms with Gasteiger partial charge >= 0.3 is 0 Å². The Labute approximate surface area is 115 Å². The number of rotatable bonds is 2. The maximum atomic E-state index is 12.5. The smallest absolute Gasteiger partial charge is 0.254 e. The molecule has 108 valence electrons. The van der Waals surface area contributed by atoms with E-state index in [1.165, 1.54) is 25.7 Å². The molecule has 1 atom stereocenters. The van der Waals surface area contributed by atoms with E-state index >= 15 is 0 Å². The molecular weight excluding hydrogens is 242 g/mol. The number of carbonyl (C=O) groups excluding carboxylic acids is 1. The van der Waals surface area contributed by atoms with Gasteiger partial charge in [0, 0.05) is 37.6 Å². The van der Waals surface area contributed by atoms with Gasteiger partial charge in [-0.2, -0.15) is 0 Å². The summed E-state index contributed by atoms with van der Waals surface area (Å²) in [5, 5.41) is 10.6. The Bertz CT molecular complexity index is 346. The minimum absolute atomic E-state index is 0.0499. The van der Waals surface area contributed by atoms with Crippen LogP contribution in [0, 0.1) is 11.3 Å². The Morgan fingerprint density at radius 2 is 1.84 bits per heavy atom. The Morgan fingerprint density at radius 1 is 1.26 bits per heavy atom. The number of hydrogen-bond acceptors (Lipinski definition) is 3. The van der Waals surface area contributed by atoms with Crippen LogP contribution in [0.3, 0.4) is 0 Å². The predicted molar refractivity (Wildman–Crippen MR) is 71.6 cm³/mol. The third-order valence-corrected chi connectivity index (χ3v) is 5.45. The minimum atomic E-state index is -1.20. The van der Waals surface area contributed by atoms with E-state index in [1.54, 1.807) is 6.92 Å². The van der Waals surface area contributed by atoms with Crippen LogP contribution in [-0.4, -0.2) is 47.8 Å². The van der Waals surface area contributed by atoms with Crippen molar-refractivity contribution in [2.45, 2.75) is 51.0 Å². The third kappa shape index (κ3) is 2.29.